The van der Waals surface area contributed by atoms with Crippen LogP contribution in [0.2, 0.25) is 0 Å². The number of benzene rings is 3. The van der Waals surface area contributed by atoms with E-state index in [-0.39, 0.29) is 0 Å². The molecule has 0 aliphatic carbocycles. The van der Waals surface area contributed by atoms with Crippen LogP contribution in [-0.2, 0) is 25.8 Å². The molecule has 7 rings (SSSR count). The maximum Gasteiger partial charge on any atom is 0.160 e. The summed E-state index contributed by atoms with van der Waals surface area (Å²) in [5.41, 5.74) is 10.7. The maximum atomic E-state index is 12.1. The molecule has 0 fully saturated rings. The number of aromatic nitrogens is 1. The number of rotatable bonds is 27. The largest absolute Gasteiger partial charge is 0.494 e. The maximum absolute atomic E-state index is 12.1. The molecule has 0 saturated carbocycles. The van der Waals surface area contributed by atoms with Crippen LogP contribution in [0.25, 0.3) is 62.9 Å². The Labute approximate surface area is 390 Å². The van der Waals surface area contributed by atoms with Crippen molar-refractivity contribution in [3.63, 3.8) is 0 Å². The van der Waals surface area contributed by atoms with Gasteiger partial charge in [0.05, 0.1) is 11.5 Å². The molecule has 7 aromatic rings. The molecule has 6 heteroatoms. The minimum Gasteiger partial charge on any atom is -0.494 e. The second-order valence-corrected chi connectivity index (χ2v) is 20.8. The highest BCUT2D eigenvalue weighted by Gasteiger charge is 2.22. The summed E-state index contributed by atoms with van der Waals surface area (Å²) in [6.45, 7) is 13.1. The first-order valence-electron chi connectivity index (χ1n) is 24.6. The first-order valence-corrected chi connectivity index (χ1v) is 27.1. The molecule has 0 amide bonds. The van der Waals surface area contributed by atoms with Crippen molar-refractivity contribution >= 4 is 62.1 Å². The van der Waals surface area contributed by atoms with E-state index in [0.717, 1.165) is 55.7 Å². The lowest BCUT2D eigenvalue weighted by atomic mass is 10.00. The lowest BCUT2D eigenvalue weighted by Crippen LogP contribution is -1.97. The first-order chi connectivity index (χ1) is 31.0. The Bertz CT molecular complexity index is 2510. The predicted molar refractivity (Wildman–Crippen MR) is 279 cm³/mol. The highest BCUT2D eigenvalue weighted by atomic mass is 32.1. The van der Waals surface area contributed by atoms with Crippen molar-refractivity contribution in [2.75, 3.05) is 6.61 Å². The Hall–Kier alpha value is -3.97. The molecule has 0 saturated heterocycles. The predicted octanol–water partition coefficient (Wildman–Crippen LogP) is 18.8. The van der Waals surface area contributed by atoms with E-state index in [9.17, 15) is 4.79 Å². The minimum atomic E-state index is 0.781. The van der Waals surface area contributed by atoms with Gasteiger partial charge in [-0.2, -0.15) is 0 Å². The molecular formula is C57H71NO2S3. The van der Waals surface area contributed by atoms with E-state index in [1.165, 1.54) is 176 Å². The second kappa shape index (κ2) is 23.8. The number of aryl methyl sites for hydroxylation is 4. The number of ether oxygens (including phenoxy) is 1. The number of aldehydes is 1. The van der Waals surface area contributed by atoms with E-state index in [1.54, 1.807) is 11.3 Å². The smallest absolute Gasteiger partial charge is 0.160 e. The Morgan fingerprint density at radius 1 is 0.476 bits per heavy atom. The van der Waals surface area contributed by atoms with Crippen molar-refractivity contribution in [2.45, 2.75) is 163 Å². The van der Waals surface area contributed by atoms with Crippen molar-refractivity contribution < 1.29 is 9.53 Å². The van der Waals surface area contributed by atoms with Gasteiger partial charge < -0.3 is 9.30 Å². The van der Waals surface area contributed by atoms with Crippen LogP contribution in [0.1, 0.15) is 164 Å². The zero-order valence-electron chi connectivity index (χ0n) is 38.9. The second-order valence-electron chi connectivity index (χ2n) is 17.6. The highest BCUT2D eigenvalue weighted by Crippen LogP contribution is 2.48. The van der Waals surface area contributed by atoms with Crippen LogP contribution in [-0.4, -0.2) is 17.5 Å². The third kappa shape index (κ3) is 11.7. The number of nitrogens with zero attached hydrogens (tertiary/aromatic N) is 1. The molecule has 0 spiro atoms. The van der Waals surface area contributed by atoms with Gasteiger partial charge in [-0.15, -0.1) is 34.0 Å². The van der Waals surface area contributed by atoms with E-state index < -0.39 is 0 Å². The number of hydrogen-bond acceptors (Lipinski definition) is 5. The fourth-order valence-corrected chi connectivity index (χ4v) is 13.0. The SMILES string of the molecule is CCCCCCOc1ccc(-c2ccc3c(c2)c2cc(-c4sc(-c5sc(-c6sc(C=O)cc6CCCCCC)cc5CCCCCC)cc4CCCCCC)ccc2n3CC)cc1. The minimum absolute atomic E-state index is 0.781. The van der Waals surface area contributed by atoms with E-state index >= 15 is 0 Å². The molecule has 0 radical (unpaired) electrons. The number of carbonyl (C=O) groups is 1. The number of unbranched alkanes of at least 4 members (excludes halogenated alkanes) is 12. The molecule has 3 aromatic carbocycles. The van der Waals surface area contributed by atoms with Crippen molar-refractivity contribution in [3.05, 3.63) is 100 Å². The van der Waals surface area contributed by atoms with E-state index in [4.69, 9.17) is 4.74 Å². The topological polar surface area (TPSA) is 31.2 Å². The van der Waals surface area contributed by atoms with Crippen molar-refractivity contribution in [1.29, 1.82) is 0 Å². The standard InChI is InChI=1S/C57H71NO2S3/c1-6-11-15-19-23-43-35-48(40-59)61-56(43)53-39-45(25-21-17-13-8-3)57(63-53)54-38-44(24-20-16-12-7-2)55(62-54)46-29-33-52-50(37-46)49-36-42(28-32-51(49)58(52)10-5)41-26-30-47(31-27-41)60-34-22-18-14-9-4/h26-33,35-40H,6-25,34H2,1-5H3. The summed E-state index contributed by atoms with van der Waals surface area (Å²) in [6.07, 6.45) is 24.1. The zero-order chi connectivity index (χ0) is 44.0. The molecule has 334 valence electrons. The Balaban J connectivity index is 1.27. The summed E-state index contributed by atoms with van der Waals surface area (Å²) in [7, 11) is 0. The van der Waals surface area contributed by atoms with Gasteiger partial charge >= 0.3 is 0 Å². The van der Waals surface area contributed by atoms with Gasteiger partial charge in [-0.3, -0.25) is 4.79 Å². The van der Waals surface area contributed by atoms with Crippen LogP contribution in [0.5, 0.6) is 5.75 Å². The molecule has 4 heterocycles. The van der Waals surface area contributed by atoms with Gasteiger partial charge in [0.25, 0.3) is 0 Å². The molecule has 0 N–H and O–H groups in total. The Kier molecular flexibility index (Phi) is 17.8. The van der Waals surface area contributed by atoms with Gasteiger partial charge in [-0.1, -0.05) is 129 Å². The molecule has 0 aliphatic heterocycles. The number of thiophene rings is 3. The summed E-state index contributed by atoms with van der Waals surface area (Å²) in [4.78, 5) is 19.9. The van der Waals surface area contributed by atoms with Gasteiger partial charge in [-0.05, 0) is 140 Å². The monoisotopic (exact) mass is 897 g/mol. The number of fused-ring (bicyclic) bond motifs is 3. The van der Waals surface area contributed by atoms with Crippen LogP contribution in [0.15, 0.2) is 78.9 Å². The number of carbonyl (C=O) groups excluding carboxylic acids is 1. The fourth-order valence-electron chi connectivity index (χ4n) is 9.26. The van der Waals surface area contributed by atoms with E-state index in [2.05, 4.69) is 118 Å². The van der Waals surface area contributed by atoms with Crippen LogP contribution < -0.4 is 4.74 Å². The summed E-state index contributed by atoms with van der Waals surface area (Å²) in [5.74, 6) is 0.952. The first kappa shape index (κ1) is 47.0. The van der Waals surface area contributed by atoms with Gasteiger partial charge in [0.1, 0.15) is 5.75 Å². The average molecular weight is 898 g/mol. The van der Waals surface area contributed by atoms with Gasteiger partial charge in [0.15, 0.2) is 6.29 Å². The van der Waals surface area contributed by atoms with Crippen LogP contribution in [0.3, 0.4) is 0 Å². The Morgan fingerprint density at radius 3 is 1.51 bits per heavy atom. The van der Waals surface area contributed by atoms with Gasteiger partial charge in [0.2, 0.25) is 0 Å². The fraction of sp³-hybridized carbons (Fsp3) is 0.456. The molecule has 63 heavy (non-hydrogen) atoms. The molecule has 0 bridgehead atoms. The number of hydrogen-bond donors (Lipinski definition) is 0. The third-order valence-corrected chi connectivity index (χ3v) is 16.7. The third-order valence-electron chi connectivity index (χ3n) is 12.8. The molecule has 0 aliphatic rings. The van der Waals surface area contributed by atoms with E-state index in [1.807, 2.05) is 22.7 Å². The highest BCUT2D eigenvalue weighted by molar-refractivity contribution is 7.27. The van der Waals surface area contributed by atoms with Gasteiger partial charge in [-0.25, -0.2) is 0 Å². The quantitative estimate of drug-likeness (QED) is 0.0380. The summed E-state index contributed by atoms with van der Waals surface area (Å²) in [6, 6.07) is 30.2. The summed E-state index contributed by atoms with van der Waals surface area (Å²) < 4.78 is 8.57. The zero-order valence-corrected chi connectivity index (χ0v) is 41.4. The molecule has 4 aromatic heterocycles. The molecule has 3 nitrogen and oxygen atoms in total. The Morgan fingerprint density at radius 2 is 0.952 bits per heavy atom. The van der Waals surface area contributed by atoms with Crippen molar-refractivity contribution in [3.8, 4) is 46.8 Å². The van der Waals surface area contributed by atoms with Crippen molar-refractivity contribution in [1.82, 2.24) is 4.57 Å². The lowest BCUT2D eigenvalue weighted by Gasteiger charge is -2.08. The molecule has 0 unspecified atom stereocenters. The van der Waals surface area contributed by atoms with Crippen LogP contribution >= 0.6 is 34.0 Å². The molecule has 0 atom stereocenters. The lowest BCUT2D eigenvalue weighted by molar-refractivity contribution is 0.112. The molecular weight excluding hydrogens is 827 g/mol. The summed E-state index contributed by atoms with van der Waals surface area (Å²) >= 11 is 5.67. The van der Waals surface area contributed by atoms with Crippen LogP contribution in [0.4, 0.5) is 0 Å². The van der Waals surface area contributed by atoms with E-state index in [0.29, 0.717) is 0 Å². The summed E-state index contributed by atoms with van der Waals surface area (Å²) in [5, 5.41) is 2.65. The average Bonchev–Trinajstić information content (AvgIpc) is 4.11. The normalized spacial score (nSPS) is 11.7. The van der Waals surface area contributed by atoms with Gasteiger partial charge in [0, 0.05) is 52.7 Å². The van der Waals surface area contributed by atoms with Crippen molar-refractivity contribution in [2.24, 2.45) is 0 Å². The van der Waals surface area contributed by atoms with Crippen LogP contribution in [0, 0.1) is 0 Å².